The topological polar surface area (TPSA) is 55.4 Å². The van der Waals surface area contributed by atoms with Crippen LogP contribution in [0.25, 0.3) is 0 Å². The van der Waals surface area contributed by atoms with E-state index in [0.29, 0.717) is 6.42 Å². The highest BCUT2D eigenvalue weighted by atomic mass is 16.8. The van der Waals surface area contributed by atoms with Crippen molar-refractivity contribution < 1.29 is 19.4 Å². The predicted octanol–water partition coefficient (Wildman–Crippen LogP) is 0.731. The van der Waals surface area contributed by atoms with Crippen molar-refractivity contribution in [2.24, 2.45) is 0 Å². The molecule has 0 N–H and O–H groups in total. The van der Waals surface area contributed by atoms with E-state index in [2.05, 4.69) is 9.47 Å². The molecule has 4 nitrogen and oxygen atoms in total. The molecule has 1 aliphatic heterocycles. The number of hydrogen-bond donors (Lipinski definition) is 0. The second kappa shape index (κ2) is 2.88. The molecule has 10 heavy (non-hydrogen) atoms. The van der Waals surface area contributed by atoms with Gasteiger partial charge in [-0.15, -0.1) is 0 Å². The van der Waals surface area contributed by atoms with Crippen molar-refractivity contribution in [1.29, 1.82) is 0 Å². The number of carbonyl (C=O) groups is 1. The predicted molar refractivity (Wildman–Crippen MR) is 31.0 cm³/mol. The standard InChI is InChI=1S/C6H9O4/c1-2-4-5(3-7)10-6(8)9-4/h4-5H,2-3H2,1H3. The molecule has 0 amide bonds. The number of hydrogen-bond acceptors (Lipinski definition) is 3. The van der Waals surface area contributed by atoms with Crippen molar-refractivity contribution in [3.63, 3.8) is 0 Å². The Morgan fingerprint density at radius 2 is 2.00 bits per heavy atom. The molecule has 0 aromatic heterocycles. The summed E-state index contributed by atoms with van der Waals surface area (Å²) in [6.07, 6.45) is -0.978. The van der Waals surface area contributed by atoms with Gasteiger partial charge >= 0.3 is 6.16 Å². The quantitative estimate of drug-likeness (QED) is 0.538. The van der Waals surface area contributed by atoms with Crippen LogP contribution in [0.2, 0.25) is 0 Å². The number of carbonyl (C=O) groups excluding carboxylic acids is 1. The zero-order valence-corrected chi connectivity index (χ0v) is 5.70. The maximum absolute atomic E-state index is 10.4. The third-order valence-corrected chi connectivity index (χ3v) is 1.48. The molecule has 1 heterocycles. The van der Waals surface area contributed by atoms with Gasteiger partial charge in [0.25, 0.3) is 0 Å². The molecule has 57 valence electrons. The van der Waals surface area contributed by atoms with Gasteiger partial charge in [-0.3, -0.25) is 0 Å². The summed E-state index contributed by atoms with van der Waals surface area (Å²) in [6.45, 7) is 1.43. The van der Waals surface area contributed by atoms with Crippen molar-refractivity contribution in [3.05, 3.63) is 0 Å². The molecule has 1 radical (unpaired) electrons. The Balaban J connectivity index is 2.48. The minimum Gasteiger partial charge on any atom is -0.427 e. The number of rotatable bonds is 2. The molecule has 4 heteroatoms. The van der Waals surface area contributed by atoms with E-state index in [-0.39, 0.29) is 6.10 Å². The monoisotopic (exact) mass is 145 g/mol. The minimum atomic E-state index is -0.715. The van der Waals surface area contributed by atoms with Crippen LogP contribution in [0.15, 0.2) is 0 Å². The summed E-state index contributed by atoms with van der Waals surface area (Å²) in [6, 6.07) is 0. The zero-order valence-electron chi connectivity index (χ0n) is 5.70. The van der Waals surface area contributed by atoms with Crippen molar-refractivity contribution in [2.75, 3.05) is 6.61 Å². The molecule has 2 unspecified atom stereocenters. The van der Waals surface area contributed by atoms with E-state index in [1.165, 1.54) is 0 Å². The molecule has 0 spiro atoms. The first-order valence-electron chi connectivity index (χ1n) is 3.23. The Labute approximate surface area is 58.7 Å². The maximum Gasteiger partial charge on any atom is 0.509 e. The van der Waals surface area contributed by atoms with Crippen molar-refractivity contribution in [3.8, 4) is 0 Å². The highest BCUT2D eigenvalue weighted by molar-refractivity contribution is 5.62. The van der Waals surface area contributed by atoms with Gasteiger partial charge in [0, 0.05) is 0 Å². The van der Waals surface area contributed by atoms with Crippen LogP contribution < -0.4 is 0 Å². The third-order valence-electron chi connectivity index (χ3n) is 1.48. The fourth-order valence-electron chi connectivity index (χ4n) is 0.914. The number of cyclic esters (lactones) is 2. The summed E-state index contributed by atoms with van der Waals surface area (Å²) in [4.78, 5) is 10.4. The van der Waals surface area contributed by atoms with Crippen LogP contribution >= 0.6 is 0 Å². The van der Waals surface area contributed by atoms with Gasteiger partial charge in [-0.25, -0.2) is 9.90 Å². The summed E-state index contributed by atoms with van der Waals surface area (Å²) in [5.74, 6) is 0. The highest BCUT2D eigenvalue weighted by Gasteiger charge is 2.34. The van der Waals surface area contributed by atoms with Gasteiger partial charge in [-0.1, -0.05) is 6.92 Å². The summed E-state index contributed by atoms with van der Waals surface area (Å²) in [5.41, 5.74) is 0. The fraction of sp³-hybridized carbons (Fsp3) is 0.833. The lowest BCUT2D eigenvalue weighted by Crippen LogP contribution is -2.24. The minimum absolute atomic E-state index is 0.329. The van der Waals surface area contributed by atoms with E-state index in [1.807, 2.05) is 6.92 Å². The SMILES string of the molecule is CCC1OC(=O)OC1C[O]. The molecule has 0 bridgehead atoms. The highest BCUT2D eigenvalue weighted by Crippen LogP contribution is 2.16. The van der Waals surface area contributed by atoms with Gasteiger partial charge in [-0.05, 0) is 6.42 Å². The van der Waals surface area contributed by atoms with E-state index >= 15 is 0 Å². The lowest BCUT2D eigenvalue weighted by atomic mass is 10.2. The van der Waals surface area contributed by atoms with Crippen LogP contribution in [0.3, 0.4) is 0 Å². The van der Waals surface area contributed by atoms with Gasteiger partial charge in [-0.2, -0.15) is 0 Å². The Bertz CT molecular complexity index is 120. The normalized spacial score (nSPS) is 31.6. The van der Waals surface area contributed by atoms with Crippen LogP contribution in [0.4, 0.5) is 4.79 Å². The molecule has 1 fully saturated rings. The Morgan fingerprint density at radius 1 is 1.40 bits per heavy atom. The maximum atomic E-state index is 10.4. The second-order valence-electron chi connectivity index (χ2n) is 2.14. The second-order valence-corrected chi connectivity index (χ2v) is 2.14. The van der Waals surface area contributed by atoms with Crippen LogP contribution in [0.1, 0.15) is 13.3 Å². The van der Waals surface area contributed by atoms with Gasteiger partial charge < -0.3 is 9.47 Å². The summed E-state index contributed by atoms with van der Waals surface area (Å²) < 4.78 is 9.19. The van der Waals surface area contributed by atoms with Crippen molar-refractivity contribution >= 4 is 6.16 Å². The first-order valence-corrected chi connectivity index (χ1v) is 3.23. The van der Waals surface area contributed by atoms with Gasteiger partial charge in [0.15, 0.2) is 6.10 Å². The lowest BCUT2D eigenvalue weighted by molar-refractivity contribution is 0.0465. The van der Waals surface area contributed by atoms with Crippen LogP contribution in [-0.4, -0.2) is 25.0 Å². The Morgan fingerprint density at radius 3 is 2.40 bits per heavy atom. The molecule has 0 saturated carbocycles. The van der Waals surface area contributed by atoms with E-state index in [1.54, 1.807) is 0 Å². The summed E-state index contributed by atoms with van der Waals surface area (Å²) >= 11 is 0. The molecular formula is C6H9O4. The third kappa shape index (κ3) is 1.21. The smallest absolute Gasteiger partial charge is 0.427 e. The Kier molecular flexibility index (Phi) is 2.11. The average molecular weight is 145 g/mol. The van der Waals surface area contributed by atoms with Crippen LogP contribution in [0, 0.1) is 0 Å². The largest absolute Gasteiger partial charge is 0.509 e. The first-order chi connectivity index (χ1) is 4.77. The van der Waals surface area contributed by atoms with Gasteiger partial charge in [0.1, 0.15) is 12.7 Å². The van der Waals surface area contributed by atoms with Gasteiger partial charge in [0.2, 0.25) is 0 Å². The fourth-order valence-corrected chi connectivity index (χ4v) is 0.914. The molecular weight excluding hydrogens is 136 g/mol. The first kappa shape index (κ1) is 7.34. The van der Waals surface area contributed by atoms with E-state index in [4.69, 9.17) is 0 Å². The van der Waals surface area contributed by atoms with E-state index in [9.17, 15) is 9.90 Å². The molecule has 0 aliphatic carbocycles. The van der Waals surface area contributed by atoms with Crippen LogP contribution in [0.5, 0.6) is 0 Å². The summed E-state index contributed by atoms with van der Waals surface area (Å²) in [7, 11) is 0. The van der Waals surface area contributed by atoms with Crippen molar-refractivity contribution in [1.82, 2.24) is 0 Å². The average Bonchev–Trinajstić information content (AvgIpc) is 2.30. The molecule has 2 atom stereocenters. The van der Waals surface area contributed by atoms with Gasteiger partial charge in [0.05, 0.1) is 0 Å². The molecule has 0 aromatic rings. The van der Waals surface area contributed by atoms with Crippen LogP contribution in [-0.2, 0) is 14.6 Å². The molecule has 1 aliphatic rings. The molecule has 0 aromatic carbocycles. The number of ether oxygens (including phenoxy) is 2. The van der Waals surface area contributed by atoms with E-state index in [0.717, 1.165) is 0 Å². The zero-order chi connectivity index (χ0) is 7.56. The van der Waals surface area contributed by atoms with E-state index < -0.39 is 18.9 Å². The summed E-state index contributed by atoms with van der Waals surface area (Å²) in [5, 5.41) is 10.3. The van der Waals surface area contributed by atoms with Crippen molar-refractivity contribution in [2.45, 2.75) is 25.6 Å². The Hall–Kier alpha value is -0.770. The lowest BCUT2D eigenvalue weighted by Gasteiger charge is -2.07. The molecule has 1 saturated heterocycles. The molecule has 1 rings (SSSR count).